The average molecular weight is 837 g/mol. The first-order chi connectivity index (χ1) is 29.6. The summed E-state index contributed by atoms with van der Waals surface area (Å²) in [6.07, 6.45) is 10.2. The van der Waals surface area contributed by atoms with E-state index in [9.17, 15) is 0 Å². The lowest BCUT2D eigenvalue weighted by Gasteiger charge is -2.47. The Morgan fingerprint density at radius 1 is 0.656 bits per heavy atom. The van der Waals surface area contributed by atoms with E-state index in [0.717, 1.165) is 92.1 Å². The molecule has 6 heterocycles. The lowest BCUT2D eigenvalue weighted by atomic mass is 10.0. The lowest BCUT2D eigenvalue weighted by Crippen LogP contribution is -2.59. The number of ether oxygens (including phenoxy) is 4. The van der Waals surface area contributed by atoms with E-state index in [1.165, 1.54) is 0 Å². The third kappa shape index (κ3) is 9.94. The summed E-state index contributed by atoms with van der Waals surface area (Å²) >= 11 is 0. The third-order valence-electron chi connectivity index (χ3n) is 11.0. The summed E-state index contributed by atoms with van der Waals surface area (Å²) in [5.74, 6) is 1.58. The van der Waals surface area contributed by atoms with Crippen molar-refractivity contribution in [2.45, 2.75) is 105 Å². The highest BCUT2D eigenvalue weighted by Gasteiger charge is 2.40. The number of halogens is 1. The topological polar surface area (TPSA) is 128 Å². The molecule has 2 saturated heterocycles. The van der Waals surface area contributed by atoms with E-state index < -0.39 is 5.82 Å². The Morgan fingerprint density at radius 3 is 1.48 bits per heavy atom. The Kier molecular flexibility index (Phi) is 13.1. The molecule has 0 atom stereocenters. The van der Waals surface area contributed by atoms with E-state index in [-0.39, 0.29) is 35.8 Å². The fraction of sp³-hybridized carbons (Fsp3) is 0.478. The maximum absolute atomic E-state index is 15.1. The molecule has 61 heavy (non-hydrogen) atoms. The van der Waals surface area contributed by atoms with Crippen LogP contribution < -0.4 is 29.0 Å². The van der Waals surface area contributed by atoms with E-state index in [1.807, 2.05) is 59.7 Å². The Hall–Kier alpha value is -5.67. The van der Waals surface area contributed by atoms with E-state index in [1.54, 1.807) is 36.9 Å². The van der Waals surface area contributed by atoms with Crippen LogP contribution in [0.3, 0.4) is 0 Å². The van der Waals surface area contributed by atoms with Crippen molar-refractivity contribution >= 4 is 34.2 Å². The fourth-order valence-electron chi connectivity index (χ4n) is 8.38. The van der Waals surface area contributed by atoms with Crippen LogP contribution in [-0.4, -0.2) is 93.4 Å². The Bertz CT molecular complexity index is 2250. The molecule has 324 valence electrons. The van der Waals surface area contributed by atoms with Crippen LogP contribution in [-0.2, 0) is 13.1 Å². The zero-order valence-corrected chi connectivity index (χ0v) is 36.1. The summed E-state index contributed by atoms with van der Waals surface area (Å²) in [5.41, 5.74) is 4.74. The molecule has 0 radical (unpaired) electrons. The second kappa shape index (κ2) is 18.9. The molecule has 2 aliphatic heterocycles. The highest BCUT2D eigenvalue weighted by molar-refractivity contribution is 5.75. The zero-order valence-electron chi connectivity index (χ0n) is 36.1. The Labute approximate surface area is 356 Å². The van der Waals surface area contributed by atoms with Gasteiger partial charge < -0.3 is 27.8 Å². The second-order valence-corrected chi connectivity index (χ2v) is 16.3. The van der Waals surface area contributed by atoms with Gasteiger partial charge in [-0.25, -0.2) is 10.0 Å². The largest absolute Gasteiger partial charge is 0.491 e. The molecule has 14 nitrogen and oxygen atoms in total. The summed E-state index contributed by atoms with van der Waals surface area (Å²) in [4.78, 5) is 23.6. The van der Waals surface area contributed by atoms with Crippen LogP contribution >= 0.6 is 0 Å². The van der Waals surface area contributed by atoms with Gasteiger partial charge in [0.15, 0.2) is 22.7 Å². The van der Waals surface area contributed by atoms with Gasteiger partial charge in [-0.2, -0.15) is 14.4 Å². The van der Waals surface area contributed by atoms with Crippen LogP contribution in [0.2, 0.25) is 0 Å². The van der Waals surface area contributed by atoms with Gasteiger partial charge in [-0.1, -0.05) is 0 Å². The Morgan fingerprint density at radius 2 is 1.08 bits per heavy atom. The van der Waals surface area contributed by atoms with E-state index >= 15 is 4.39 Å². The monoisotopic (exact) mass is 836 g/mol. The van der Waals surface area contributed by atoms with Gasteiger partial charge in [0.1, 0.15) is 22.5 Å². The van der Waals surface area contributed by atoms with Crippen molar-refractivity contribution in [1.29, 1.82) is 0 Å². The molecule has 0 bridgehead atoms. The summed E-state index contributed by atoms with van der Waals surface area (Å²) in [5, 5.41) is 4.39. The highest BCUT2D eigenvalue weighted by Crippen LogP contribution is 2.37. The molecule has 0 amide bonds. The smallest absolute Gasteiger partial charge is 0.318 e. The number of hydrazine groups is 1. The van der Waals surface area contributed by atoms with Crippen LogP contribution in [0.15, 0.2) is 76.1 Å². The molecule has 2 fully saturated rings. The minimum atomic E-state index is -0.466. The molecule has 6 aromatic rings. The molecule has 0 aliphatic carbocycles. The predicted octanol–water partition coefficient (Wildman–Crippen LogP) is 8.83. The first-order valence-corrected chi connectivity index (χ1v) is 21.6. The van der Waals surface area contributed by atoms with Crippen LogP contribution in [0, 0.1) is 5.82 Å². The summed E-state index contributed by atoms with van der Waals surface area (Å²) in [7, 11) is 0. The minimum absolute atomic E-state index is 0.00655. The molecular formula is C46H57FN8O6. The van der Waals surface area contributed by atoms with Crippen molar-refractivity contribution in [3.05, 3.63) is 84.2 Å². The van der Waals surface area contributed by atoms with Gasteiger partial charge in [-0.05, 0) is 115 Å². The number of aromatic nitrogens is 4. The molecule has 0 N–H and O–H groups in total. The van der Waals surface area contributed by atoms with Crippen molar-refractivity contribution in [3.8, 4) is 23.0 Å². The highest BCUT2D eigenvalue weighted by atomic mass is 19.1. The Balaban J connectivity index is 1.07. The number of rotatable bonds is 17. The predicted molar refractivity (Wildman–Crippen MR) is 232 cm³/mol. The molecular weight excluding hydrogens is 780 g/mol. The van der Waals surface area contributed by atoms with Gasteiger partial charge in [0, 0.05) is 57.7 Å². The average Bonchev–Trinajstić information content (AvgIpc) is 3.86. The molecule has 4 aromatic heterocycles. The zero-order chi connectivity index (χ0) is 42.5. The number of piperidine rings is 2. The summed E-state index contributed by atoms with van der Waals surface area (Å²) in [6, 6.07) is 14.5. The third-order valence-corrected chi connectivity index (χ3v) is 11.0. The van der Waals surface area contributed by atoms with Crippen LogP contribution in [0.4, 0.5) is 16.4 Å². The van der Waals surface area contributed by atoms with Crippen LogP contribution in [0.1, 0.15) is 78.4 Å². The number of nitrogens with zero attached hydrogens (tertiary/aromatic N) is 8. The molecule has 0 saturated carbocycles. The van der Waals surface area contributed by atoms with Gasteiger partial charge in [-0.3, -0.25) is 19.8 Å². The normalized spacial score (nSPS) is 15.9. The van der Waals surface area contributed by atoms with Crippen molar-refractivity contribution in [2.24, 2.45) is 0 Å². The molecule has 0 unspecified atom stereocenters. The van der Waals surface area contributed by atoms with E-state index in [2.05, 4.69) is 41.9 Å². The number of likely N-dealkylation sites (tertiary alicyclic amines) is 2. The maximum Gasteiger partial charge on any atom is 0.318 e. The van der Waals surface area contributed by atoms with Crippen molar-refractivity contribution in [1.82, 2.24) is 29.7 Å². The van der Waals surface area contributed by atoms with Crippen molar-refractivity contribution < 1.29 is 32.2 Å². The number of pyridine rings is 2. The summed E-state index contributed by atoms with van der Waals surface area (Å²) < 4.78 is 51.8. The molecule has 15 heteroatoms. The SMILES string of the molecule is CCOc1cc(CN2CCC(N(c3nc4ccncc4o3)N(c3nc4ccncc4o3)C3CCN(Cc4cc(OC(C)C)cc(OC(C)C)c4)CC3)CC2)cc(OCC)c1F. The lowest BCUT2D eigenvalue weighted by molar-refractivity contribution is 0.178. The van der Waals surface area contributed by atoms with E-state index in [4.69, 9.17) is 37.7 Å². The van der Waals surface area contributed by atoms with Gasteiger partial charge in [0.05, 0.1) is 49.9 Å². The number of benzene rings is 2. The molecule has 2 aromatic carbocycles. The first kappa shape index (κ1) is 42.0. The minimum Gasteiger partial charge on any atom is -0.491 e. The number of anilines is 2. The van der Waals surface area contributed by atoms with Crippen LogP contribution in [0.25, 0.3) is 22.2 Å². The molecule has 0 spiro atoms. The summed E-state index contributed by atoms with van der Waals surface area (Å²) in [6.45, 7) is 17.2. The molecule has 8 rings (SSSR count). The molecule has 2 aliphatic rings. The van der Waals surface area contributed by atoms with E-state index in [0.29, 0.717) is 43.0 Å². The number of hydrogen-bond donors (Lipinski definition) is 0. The van der Waals surface area contributed by atoms with Gasteiger partial charge >= 0.3 is 12.0 Å². The van der Waals surface area contributed by atoms with Gasteiger partial charge in [0.25, 0.3) is 0 Å². The maximum atomic E-state index is 15.1. The van der Waals surface area contributed by atoms with Gasteiger partial charge in [0.2, 0.25) is 5.82 Å². The first-order valence-electron chi connectivity index (χ1n) is 21.6. The van der Waals surface area contributed by atoms with Gasteiger partial charge in [-0.15, -0.1) is 0 Å². The van der Waals surface area contributed by atoms with Crippen molar-refractivity contribution in [3.63, 3.8) is 0 Å². The fourth-order valence-corrected chi connectivity index (χ4v) is 8.38. The number of oxazole rings is 2. The number of fused-ring (bicyclic) bond motifs is 2. The van der Waals surface area contributed by atoms with Crippen LogP contribution in [0.5, 0.6) is 23.0 Å². The quantitative estimate of drug-likeness (QED) is 0.0812. The number of hydrogen-bond acceptors (Lipinski definition) is 14. The second-order valence-electron chi connectivity index (χ2n) is 16.3. The standard InChI is InChI=1S/C46H57FN8O6/c1-7-56-40-23-33(24-41(44(40)47)57-8-2)29-53-19-13-35(14-20-53)55(46-51-39-10-16-49-27-43(39)61-46)54(45-50-38-9-15-48-26-42(38)60-45)34-11-17-52(18-12-34)28-32-21-36(58-30(3)4)25-37(22-32)59-31(5)6/h9-10,15-16,21-27,30-31,34-35H,7-8,11-14,17-20,28-29H2,1-6H3. The van der Waals surface area contributed by atoms with Crippen molar-refractivity contribution in [2.75, 3.05) is 49.4 Å².